The summed E-state index contributed by atoms with van der Waals surface area (Å²) in [4.78, 5) is 23.5. The summed E-state index contributed by atoms with van der Waals surface area (Å²) >= 11 is 3.40. The van der Waals surface area contributed by atoms with E-state index in [1.54, 1.807) is 0 Å². The van der Waals surface area contributed by atoms with E-state index in [-0.39, 0.29) is 5.57 Å². The van der Waals surface area contributed by atoms with Crippen LogP contribution < -0.4 is 0 Å². The molecular weight excluding hydrogens is 312 g/mol. The molecule has 0 aliphatic carbocycles. The van der Waals surface area contributed by atoms with E-state index >= 15 is 0 Å². The second kappa shape index (κ2) is 4.81. The summed E-state index contributed by atoms with van der Waals surface area (Å²) < 4.78 is 10.9. The number of hydrogen-bond acceptors (Lipinski definition) is 4. The number of carbonyl (C=O) groups excluding carboxylic acids is 2. The molecule has 1 saturated heterocycles. The first-order valence-electron chi connectivity index (χ1n) is 5.73. The van der Waals surface area contributed by atoms with Gasteiger partial charge in [0.2, 0.25) is 0 Å². The minimum Gasteiger partial charge on any atom is -0.419 e. The van der Waals surface area contributed by atoms with Gasteiger partial charge in [0.15, 0.2) is 0 Å². The van der Waals surface area contributed by atoms with Gasteiger partial charge in [0.05, 0.1) is 0 Å². The molecule has 0 unspecified atom stereocenters. The molecule has 1 aliphatic heterocycles. The minimum atomic E-state index is -1.21. The van der Waals surface area contributed by atoms with Crippen molar-refractivity contribution < 1.29 is 19.1 Å². The summed E-state index contributed by atoms with van der Waals surface area (Å²) in [6.07, 6.45) is 1.46. The Morgan fingerprint density at radius 1 is 1.16 bits per heavy atom. The molecule has 0 aromatic heterocycles. The number of esters is 2. The number of benzene rings is 1. The number of halogens is 1. The average Bonchev–Trinajstić information content (AvgIpc) is 2.27. The highest BCUT2D eigenvalue weighted by Gasteiger charge is 2.38. The van der Waals surface area contributed by atoms with Crippen LogP contribution in [-0.4, -0.2) is 17.7 Å². The van der Waals surface area contributed by atoms with Gasteiger partial charge < -0.3 is 9.47 Å². The van der Waals surface area contributed by atoms with Crippen molar-refractivity contribution in [3.05, 3.63) is 39.4 Å². The molecule has 0 radical (unpaired) electrons. The Morgan fingerprint density at radius 3 is 2.26 bits per heavy atom. The van der Waals surface area contributed by atoms with Gasteiger partial charge in [0, 0.05) is 18.3 Å². The van der Waals surface area contributed by atoms with Crippen LogP contribution in [0, 0.1) is 6.92 Å². The summed E-state index contributed by atoms with van der Waals surface area (Å²) in [6, 6.07) is 5.52. The van der Waals surface area contributed by atoms with Gasteiger partial charge in [-0.2, -0.15) is 0 Å². The summed E-state index contributed by atoms with van der Waals surface area (Å²) in [7, 11) is 0. The lowest BCUT2D eigenvalue weighted by Gasteiger charge is -2.29. The fourth-order valence-corrected chi connectivity index (χ4v) is 2.04. The number of aryl methyl sites for hydroxylation is 1. The normalized spacial score (nSPS) is 17.8. The highest BCUT2D eigenvalue weighted by atomic mass is 79.9. The predicted molar refractivity (Wildman–Crippen MR) is 73.1 cm³/mol. The van der Waals surface area contributed by atoms with E-state index < -0.39 is 17.7 Å². The topological polar surface area (TPSA) is 52.6 Å². The van der Waals surface area contributed by atoms with Gasteiger partial charge in [-0.05, 0) is 30.2 Å². The Morgan fingerprint density at radius 2 is 1.74 bits per heavy atom. The van der Waals surface area contributed by atoms with Crippen LogP contribution in [-0.2, 0) is 19.1 Å². The van der Waals surface area contributed by atoms with Crippen molar-refractivity contribution in [1.29, 1.82) is 0 Å². The molecular formula is C14H13BrO4. The Kier molecular flexibility index (Phi) is 3.49. The number of cyclic esters (lactones) is 2. The van der Waals surface area contributed by atoms with E-state index in [1.165, 1.54) is 19.9 Å². The highest BCUT2D eigenvalue weighted by molar-refractivity contribution is 9.10. The second-order valence-corrected chi connectivity index (χ2v) is 5.60. The van der Waals surface area contributed by atoms with Crippen LogP contribution in [0.15, 0.2) is 28.2 Å². The van der Waals surface area contributed by atoms with Crippen molar-refractivity contribution in [2.24, 2.45) is 0 Å². The lowest BCUT2D eigenvalue weighted by atomic mass is 10.1. The van der Waals surface area contributed by atoms with Crippen molar-refractivity contribution >= 4 is 33.9 Å². The molecule has 4 nitrogen and oxygen atoms in total. The van der Waals surface area contributed by atoms with Gasteiger partial charge in [-0.25, -0.2) is 9.59 Å². The van der Waals surface area contributed by atoms with Crippen molar-refractivity contribution in [2.45, 2.75) is 26.6 Å². The molecule has 0 spiro atoms. The molecule has 19 heavy (non-hydrogen) atoms. The van der Waals surface area contributed by atoms with E-state index in [2.05, 4.69) is 15.9 Å². The number of hydrogen-bond donors (Lipinski definition) is 0. The maximum atomic E-state index is 11.8. The summed E-state index contributed by atoms with van der Waals surface area (Å²) in [6.45, 7) is 4.98. The Labute approximate surface area is 119 Å². The van der Waals surface area contributed by atoms with Crippen molar-refractivity contribution in [3.63, 3.8) is 0 Å². The lowest BCUT2D eigenvalue weighted by molar-refractivity contribution is -0.222. The molecule has 100 valence electrons. The van der Waals surface area contributed by atoms with Gasteiger partial charge in [-0.1, -0.05) is 28.1 Å². The van der Waals surface area contributed by atoms with Gasteiger partial charge in [-0.15, -0.1) is 0 Å². The van der Waals surface area contributed by atoms with Gasteiger partial charge in [0.25, 0.3) is 5.79 Å². The smallest absolute Gasteiger partial charge is 0.348 e. The quantitative estimate of drug-likeness (QED) is 0.452. The SMILES string of the molecule is Cc1ccc(C=C2C(=O)OC(C)(C)OC2=O)cc1Br. The third-order valence-electron chi connectivity index (χ3n) is 2.62. The Bertz CT molecular complexity index is 565. The monoisotopic (exact) mass is 324 g/mol. The predicted octanol–water partition coefficient (Wildman–Crippen LogP) is 2.98. The zero-order chi connectivity index (χ0) is 14.2. The Hall–Kier alpha value is -1.62. The molecule has 1 aromatic carbocycles. The van der Waals surface area contributed by atoms with E-state index in [0.29, 0.717) is 0 Å². The first kappa shape index (κ1) is 13.8. The van der Waals surface area contributed by atoms with Crippen molar-refractivity contribution in [1.82, 2.24) is 0 Å². The van der Waals surface area contributed by atoms with Crippen LogP contribution in [0.1, 0.15) is 25.0 Å². The lowest BCUT2D eigenvalue weighted by Crippen LogP contribution is -2.41. The van der Waals surface area contributed by atoms with Crippen LogP contribution in [0.5, 0.6) is 0 Å². The summed E-state index contributed by atoms with van der Waals surface area (Å²) in [5.74, 6) is -2.55. The first-order valence-corrected chi connectivity index (χ1v) is 6.52. The van der Waals surface area contributed by atoms with Crippen LogP contribution in [0.2, 0.25) is 0 Å². The average molecular weight is 325 g/mol. The Balaban J connectivity index is 2.35. The summed E-state index contributed by atoms with van der Waals surface area (Å²) in [5.41, 5.74) is 1.69. The van der Waals surface area contributed by atoms with E-state index in [0.717, 1.165) is 15.6 Å². The van der Waals surface area contributed by atoms with Crippen LogP contribution in [0.3, 0.4) is 0 Å². The largest absolute Gasteiger partial charge is 0.419 e. The molecule has 0 atom stereocenters. The fraction of sp³-hybridized carbons (Fsp3) is 0.286. The third-order valence-corrected chi connectivity index (χ3v) is 3.48. The molecule has 1 aliphatic rings. The molecule has 5 heteroatoms. The van der Waals surface area contributed by atoms with Gasteiger partial charge >= 0.3 is 11.9 Å². The van der Waals surface area contributed by atoms with Crippen LogP contribution in [0.4, 0.5) is 0 Å². The number of carbonyl (C=O) groups is 2. The molecule has 1 heterocycles. The molecule has 2 rings (SSSR count). The van der Waals surface area contributed by atoms with Crippen molar-refractivity contribution in [2.75, 3.05) is 0 Å². The molecule has 0 amide bonds. The number of rotatable bonds is 1. The van der Waals surface area contributed by atoms with E-state index in [9.17, 15) is 9.59 Å². The van der Waals surface area contributed by atoms with E-state index in [4.69, 9.17) is 9.47 Å². The molecule has 1 aromatic rings. The minimum absolute atomic E-state index is 0.102. The standard InChI is InChI=1S/C14H13BrO4/c1-8-4-5-9(7-11(8)15)6-10-12(16)18-14(2,3)19-13(10)17/h4-7H,1-3H3. The van der Waals surface area contributed by atoms with E-state index in [1.807, 2.05) is 25.1 Å². The third kappa shape index (κ3) is 3.04. The van der Waals surface area contributed by atoms with Crippen LogP contribution >= 0.6 is 15.9 Å². The van der Waals surface area contributed by atoms with Crippen molar-refractivity contribution in [3.8, 4) is 0 Å². The molecule has 0 bridgehead atoms. The number of ether oxygens (including phenoxy) is 2. The maximum Gasteiger partial charge on any atom is 0.348 e. The molecule has 0 saturated carbocycles. The van der Waals surface area contributed by atoms with Gasteiger partial charge in [-0.3, -0.25) is 0 Å². The molecule has 1 fully saturated rings. The second-order valence-electron chi connectivity index (χ2n) is 4.75. The van der Waals surface area contributed by atoms with Crippen LogP contribution in [0.25, 0.3) is 6.08 Å². The fourth-order valence-electron chi connectivity index (χ4n) is 1.64. The maximum absolute atomic E-state index is 11.8. The zero-order valence-electron chi connectivity index (χ0n) is 10.8. The molecule has 0 N–H and O–H groups in total. The first-order chi connectivity index (χ1) is 8.78. The van der Waals surface area contributed by atoms with Gasteiger partial charge in [0.1, 0.15) is 5.57 Å². The zero-order valence-corrected chi connectivity index (χ0v) is 12.4. The summed E-state index contributed by atoms with van der Waals surface area (Å²) in [5, 5.41) is 0. The highest BCUT2D eigenvalue weighted by Crippen LogP contribution is 2.25.